The molecule has 0 radical (unpaired) electrons. The van der Waals surface area contributed by atoms with Crippen molar-refractivity contribution in [1.82, 2.24) is 0 Å². The second-order valence-corrected chi connectivity index (χ2v) is 9.03. The van der Waals surface area contributed by atoms with Gasteiger partial charge in [0.1, 0.15) is 0 Å². The molecular weight excluding hydrogens is 712 g/mol. The van der Waals surface area contributed by atoms with E-state index in [4.69, 9.17) is 0 Å². The number of fused-ring (bicyclic) bond motifs is 4. The summed E-state index contributed by atoms with van der Waals surface area (Å²) in [6.07, 6.45) is 0. The minimum Gasteiger partial charge on any atom is -0.147 e. The standard InChI is InChI=1S/4C10H7.Th/c4*1-2-6-10-8-4-3-7-9(10)5-1;/h4*1-7H;/q4*-1;+4. The van der Waals surface area contributed by atoms with Crippen LogP contribution in [0.15, 0.2) is 170 Å². The second-order valence-electron chi connectivity index (χ2n) is 9.03. The Kier molecular flexibility index (Phi) is 12.0. The van der Waals surface area contributed by atoms with Crippen molar-refractivity contribution >= 4 is 43.1 Å². The summed E-state index contributed by atoms with van der Waals surface area (Å²) in [5, 5.41) is 9.76. The number of rotatable bonds is 0. The van der Waals surface area contributed by atoms with Gasteiger partial charge < -0.3 is 0 Å². The maximum atomic E-state index is 3.15. The van der Waals surface area contributed by atoms with E-state index < -0.39 is 0 Å². The van der Waals surface area contributed by atoms with E-state index in [-0.39, 0.29) is 39.9 Å². The van der Waals surface area contributed by atoms with Gasteiger partial charge in [0, 0.05) is 0 Å². The number of benzene rings is 8. The summed E-state index contributed by atoms with van der Waals surface area (Å²) in [5.41, 5.74) is 0. The summed E-state index contributed by atoms with van der Waals surface area (Å²) in [4.78, 5) is 0. The summed E-state index contributed by atoms with van der Waals surface area (Å²) in [7, 11) is 0. The third-order valence-corrected chi connectivity index (χ3v) is 6.29. The van der Waals surface area contributed by atoms with Crippen LogP contribution < -0.4 is 0 Å². The van der Waals surface area contributed by atoms with E-state index in [1.807, 2.05) is 97.1 Å². The van der Waals surface area contributed by atoms with Gasteiger partial charge in [-0.15, -0.1) is 189 Å². The van der Waals surface area contributed by atoms with Crippen molar-refractivity contribution < 1.29 is 39.9 Å². The molecule has 0 bridgehead atoms. The second kappa shape index (κ2) is 16.4. The van der Waals surface area contributed by atoms with Gasteiger partial charge in [0.2, 0.25) is 0 Å². The third kappa shape index (κ3) is 9.06. The molecule has 0 nitrogen and oxygen atoms in total. The van der Waals surface area contributed by atoms with E-state index in [0.29, 0.717) is 0 Å². The van der Waals surface area contributed by atoms with Crippen LogP contribution >= 0.6 is 0 Å². The van der Waals surface area contributed by atoms with E-state index in [1.165, 1.54) is 43.1 Å². The van der Waals surface area contributed by atoms with Gasteiger partial charge in [-0.2, -0.15) is 0 Å². The zero-order valence-electron chi connectivity index (χ0n) is 22.7. The van der Waals surface area contributed by atoms with E-state index in [9.17, 15) is 0 Å². The van der Waals surface area contributed by atoms with E-state index in [0.717, 1.165) is 0 Å². The minimum absolute atomic E-state index is 0. The van der Waals surface area contributed by atoms with Gasteiger partial charge in [-0.05, 0) is 0 Å². The SMILES string of the molecule is [Th+4].[c-]1cccc2ccccc12.[c-]1cccc2ccccc12.[c-]1cccc2ccccc12.[c-]1cccc2ccccc12. The van der Waals surface area contributed by atoms with Crippen LogP contribution in [0.25, 0.3) is 43.1 Å². The fourth-order valence-electron chi connectivity index (χ4n) is 4.25. The first-order valence-corrected chi connectivity index (χ1v) is 13.3. The van der Waals surface area contributed by atoms with Gasteiger partial charge in [0.25, 0.3) is 0 Å². The molecule has 0 aromatic heterocycles. The molecule has 0 amide bonds. The first-order chi connectivity index (χ1) is 19.9. The molecule has 8 rings (SSSR count). The molecule has 0 aliphatic heterocycles. The van der Waals surface area contributed by atoms with Gasteiger partial charge in [-0.1, -0.05) is 48.5 Å². The Hall–Kier alpha value is -3.88. The molecule has 0 saturated carbocycles. The zero-order valence-corrected chi connectivity index (χ0v) is 26.8. The van der Waals surface area contributed by atoms with Crippen molar-refractivity contribution in [2.45, 2.75) is 0 Å². The van der Waals surface area contributed by atoms with Crippen molar-refractivity contribution in [3.63, 3.8) is 0 Å². The van der Waals surface area contributed by atoms with Crippen molar-refractivity contribution in [1.29, 1.82) is 0 Å². The molecule has 0 spiro atoms. The Morgan fingerprint density at radius 1 is 0.244 bits per heavy atom. The van der Waals surface area contributed by atoms with Crippen LogP contribution in [0.1, 0.15) is 0 Å². The number of hydrogen-bond donors (Lipinski definition) is 0. The average molecular weight is 741 g/mol. The smallest absolute Gasteiger partial charge is 0.147 e. The van der Waals surface area contributed by atoms with Crippen LogP contribution in [-0.4, -0.2) is 0 Å². The first-order valence-electron chi connectivity index (χ1n) is 13.3. The molecule has 0 N–H and O–H groups in total. The summed E-state index contributed by atoms with van der Waals surface area (Å²) < 4.78 is 0. The minimum atomic E-state index is 0. The van der Waals surface area contributed by atoms with Crippen LogP contribution in [0.5, 0.6) is 0 Å². The van der Waals surface area contributed by atoms with Crippen LogP contribution in [0.2, 0.25) is 0 Å². The van der Waals surface area contributed by atoms with Gasteiger partial charge in [0.15, 0.2) is 0 Å². The van der Waals surface area contributed by atoms with Gasteiger partial charge in [-0.25, -0.2) is 0 Å². The van der Waals surface area contributed by atoms with Gasteiger partial charge >= 0.3 is 39.9 Å². The van der Waals surface area contributed by atoms with E-state index in [1.54, 1.807) is 0 Å². The zero-order chi connectivity index (χ0) is 27.2. The normalized spacial score (nSPS) is 9.76. The molecule has 0 unspecified atom stereocenters. The van der Waals surface area contributed by atoms with Crippen molar-refractivity contribution in [2.75, 3.05) is 0 Å². The third-order valence-electron chi connectivity index (χ3n) is 6.29. The first kappa shape index (κ1) is 30.1. The summed E-state index contributed by atoms with van der Waals surface area (Å²) in [6, 6.07) is 69.6. The quantitative estimate of drug-likeness (QED) is 0.136. The molecule has 0 aliphatic carbocycles. The molecule has 0 aliphatic rings. The molecule has 0 heterocycles. The average Bonchev–Trinajstić information content (AvgIpc) is 3.06. The van der Waals surface area contributed by atoms with Gasteiger partial charge in [-0.3, -0.25) is 0 Å². The Morgan fingerprint density at radius 2 is 0.439 bits per heavy atom. The van der Waals surface area contributed by atoms with Crippen LogP contribution in [0.4, 0.5) is 0 Å². The Labute approximate surface area is 275 Å². The van der Waals surface area contributed by atoms with E-state index in [2.05, 4.69) is 97.1 Å². The monoisotopic (exact) mass is 740 g/mol. The molecule has 192 valence electrons. The molecular formula is C40H28Th. The van der Waals surface area contributed by atoms with Crippen molar-refractivity contribution in [3.8, 4) is 0 Å². The maximum absolute atomic E-state index is 3.15. The summed E-state index contributed by atoms with van der Waals surface area (Å²) in [6.45, 7) is 0. The van der Waals surface area contributed by atoms with Crippen molar-refractivity contribution in [2.24, 2.45) is 0 Å². The molecule has 41 heavy (non-hydrogen) atoms. The van der Waals surface area contributed by atoms with E-state index >= 15 is 0 Å². The fraction of sp³-hybridized carbons (Fsp3) is 0. The maximum Gasteiger partial charge on any atom is 4.00 e. The molecule has 0 saturated heterocycles. The molecule has 8 aromatic carbocycles. The molecule has 1 heteroatoms. The molecule has 0 fully saturated rings. The summed E-state index contributed by atoms with van der Waals surface area (Å²) >= 11 is 0. The largest absolute Gasteiger partial charge is 4.00 e. The predicted octanol–water partition coefficient (Wildman–Crippen LogP) is 10.6. The van der Waals surface area contributed by atoms with Crippen LogP contribution in [-0.2, 0) is 0 Å². The Bertz CT molecular complexity index is 1380. The van der Waals surface area contributed by atoms with Crippen LogP contribution in [0.3, 0.4) is 0 Å². The Balaban J connectivity index is 0.000000125. The van der Waals surface area contributed by atoms with Crippen LogP contribution in [0, 0.1) is 64.2 Å². The van der Waals surface area contributed by atoms with Crippen molar-refractivity contribution in [3.05, 3.63) is 194 Å². The van der Waals surface area contributed by atoms with Gasteiger partial charge in [0.05, 0.1) is 0 Å². The topological polar surface area (TPSA) is 0 Å². The number of hydrogen-bond acceptors (Lipinski definition) is 0. The predicted molar refractivity (Wildman–Crippen MR) is 171 cm³/mol. The Morgan fingerprint density at radius 3 is 0.659 bits per heavy atom. The fourth-order valence-corrected chi connectivity index (χ4v) is 4.25. The molecule has 0 atom stereocenters. The summed E-state index contributed by atoms with van der Waals surface area (Å²) in [5.74, 6) is 0. The molecule has 8 aromatic rings.